The Labute approximate surface area is 220 Å². The van der Waals surface area contributed by atoms with Gasteiger partial charge in [0.1, 0.15) is 0 Å². The Hall–Kier alpha value is -3.13. The van der Waals surface area contributed by atoms with Crippen LogP contribution in [-0.4, -0.2) is 66.9 Å². The van der Waals surface area contributed by atoms with Crippen LogP contribution in [0.4, 0.5) is 15.6 Å². The van der Waals surface area contributed by atoms with E-state index in [2.05, 4.69) is 31.2 Å². The molecule has 3 heterocycles. The lowest BCUT2D eigenvalue weighted by molar-refractivity contribution is -0.114. The van der Waals surface area contributed by atoms with Crippen LogP contribution in [-0.2, 0) is 14.8 Å². The third kappa shape index (κ3) is 6.42. The number of aromatic nitrogens is 2. The number of carbonyl (C=O) groups excluding carboxylic acids is 2. The van der Waals surface area contributed by atoms with E-state index in [0.29, 0.717) is 37.3 Å². The third-order valence-corrected chi connectivity index (χ3v) is 9.62. The molecule has 0 atom stereocenters. The number of piperidine rings is 1. The van der Waals surface area contributed by atoms with Gasteiger partial charge in [0, 0.05) is 37.1 Å². The summed E-state index contributed by atoms with van der Waals surface area (Å²) < 4.78 is 29.0. The summed E-state index contributed by atoms with van der Waals surface area (Å²) in [6, 6.07) is 8.68. The third-order valence-electron chi connectivity index (χ3n) is 6.01. The summed E-state index contributed by atoms with van der Waals surface area (Å²) in [6.07, 6.45) is 1.31. The second-order valence-corrected chi connectivity index (χ2v) is 12.0. The SMILES string of the molecule is CC(=O)Nc1nc(C)c(S(=O)(=O)N(CCNC(=O)Nc2cc(C)nc3ccccc23)C2CCNCC2)s1. The quantitative estimate of drug-likeness (QED) is 0.341. The number of carbonyl (C=O) groups is 2. The number of hydrogen-bond donors (Lipinski definition) is 4. The van der Waals surface area contributed by atoms with Gasteiger partial charge >= 0.3 is 6.03 Å². The summed E-state index contributed by atoms with van der Waals surface area (Å²) in [5, 5.41) is 12.5. The number of rotatable bonds is 8. The van der Waals surface area contributed by atoms with E-state index in [1.807, 2.05) is 31.2 Å². The molecule has 2 aromatic heterocycles. The topological polar surface area (TPSA) is 145 Å². The number of thiazole rings is 1. The Bertz CT molecular complexity index is 1400. The van der Waals surface area contributed by atoms with Crippen molar-refractivity contribution in [1.82, 2.24) is 24.9 Å². The number of pyridine rings is 1. The highest BCUT2D eigenvalue weighted by atomic mass is 32.2. The molecule has 1 aromatic carbocycles. The van der Waals surface area contributed by atoms with Gasteiger partial charge in [0.2, 0.25) is 5.91 Å². The molecule has 1 fully saturated rings. The molecule has 0 radical (unpaired) electrons. The average molecular weight is 546 g/mol. The van der Waals surface area contributed by atoms with E-state index in [0.717, 1.165) is 27.9 Å². The molecular weight excluding hydrogens is 514 g/mol. The maximum atomic E-state index is 13.7. The number of sulfonamides is 1. The number of anilines is 2. The summed E-state index contributed by atoms with van der Waals surface area (Å²) in [7, 11) is -3.91. The zero-order valence-corrected chi connectivity index (χ0v) is 22.6. The van der Waals surface area contributed by atoms with Crippen LogP contribution in [0.15, 0.2) is 34.5 Å². The number of nitrogens with one attached hydrogen (secondary N) is 4. The number of aryl methyl sites for hydroxylation is 2. The second-order valence-electron chi connectivity index (χ2n) is 8.88. The number of benzene rings is 1. The van der Waals surface area contributed by atoms with Gasteiger partial charge in [0.25, 0.3) is 10.0 Å². The highest BCUT2D eigenvalue weighted by Crippen LogP contribution is 2.32. The van der Waals surface area contributed by atoms with E-state index in [1.165, 1.54) is 11.2 Å². The summed E-state index contributed by atoms with van der Waals surface area (Å²) in [5.41, 5.74) is 2.52. The minimum atomic E-state index is -3.91. The molecule has 0 saturated carbocycles. The Morgan fingerprint density at radius 1 is 1.14 bits per heavy atom. The van der Waals surface area contributed by atoms with Crippen molar-refractivity contribution in [2.45, 2.75) is 43.9 Å². The number of urea groups is 1. The van der Waals surface area contributed by atoms with Gasteiger partial charge in [-0.05, 0) is 51.9 Å². The van der Waals surface area contributed by atoms with Gasteiger partial charge in [-0.1, -0.05) is 29.5 Å². The first-order valence-corrected chi connectivity index (χ1v) is 14.3. The molecule has 0 unspecified atom stereocenters. The normalized spacial score (nSPS) is 14.6. The van der Waals surface area contributed by atoms with Crippen molar-refractivity contribution in [3.8, 4) is 0 Å². The second kappa shape index (κ2) is 11.5. The van der Waals surface area contributed by atoms with Crippen LogP contribution in [0.3, 0.4) is 0 Å². The minimum absolute atomic E-state index is 0.0953. The van der Waals surface area contributed by atoms with Crippen LogP contribution >= 0.6 is 11.3 Å². The van der Waals surface area contributed by atoms with Crippen molar-refractivity contribution in [2.75, 3.05) is 36.8 Å². The molecule has 0 spiro atoms. The van der Waals surface area contributed by atoms with Crippen molar-refractivity contribution in [3.05, 3.63) is 41.7 Å². The lowest BCUT2D eigenvalue weighted by Crippen LogP contribution is -2.49. The molecule has 13 heteroatoms. The number of para-hydroxylation sites is 1. The smallest absolute Gasteiger partial charge is 0.319 e. The first-order chi connectivity index (χ1) is 17.6. The van der Waals surface area contributed by atoms with Gasteiger partial charge in [-0.25, -0.2) is 18.2 Å². The first-order valence-electron chi connectivity index (χ1n) is 12.0. The van der Waals surface area contributed by atoms with Crippen LogP contribution < -0.4 is 21.3 Å². The summed E-state index contributed by atoms with van der Waals surface area (Å²) in [5.74, 6) is -0.319. The van der Waals surface area contributed by atoms with E-state index >= 15 is 0 Å². The molecule has 4 N–H and O–H groups in total. The zero-order valence-electron chi connectivity index (χ0n) is 21.0. The summed E-state index contributed by atoms with van der Waals surface area (Å²) in [4.78, 5) is 32.9. The van der Waals surface area contributed by atoms with Gasteiger partial charge in [0.05, 0.1) is 16.9 Å². The van der Waals surface area contributed by atoms with E-state index in [9.17, 15) is 18.0 Å². The Morgan fingerprint density at radius 2 is 1.86 bits per heavy atom. The zero-order chi connectivity index (χ0) is 26.6. The van der Waals surface area contributed by atoms with E-state index in [-0.39, 0.29) is 34.4 Å². The van der Waals surface area contributed by atoms with Crippen LogP contribution in [0.5, 0.6) is 0 Å². The highest BCUT2D eigenvalue weighted by Gasteiger charge is 2.35. The molecule has 4 rings (SSSR count). The lowest BCUT2D eigenvalue weighted by atomic mass is 10.1. The molecule has 0 aliphatic carbocycles. The van der Waals surface area contributed by atoms with Gasteiger partial charge in [0.15, 0.2) is 9.34 Å². The number of fused-ring (bicyclic) bond motifs is 1. The Morgan fingerprint density at radius 3 is 2.59 bits per heavy atom. The fraction of sp³-hybridized carbons (Fsp3) is 0.417. The van der Waals surface area contributed by atoms with Crippen LogP contribution in [0.1, 0.15) is 31.2 Å². The van der Waals surface area contributed by atoms with Crippen LogP contribution in [0.25, 0.3) is 10.9 Å². The molecule has 3 aromatic rings. The Kier molecular flexibility index (Phi) is 8.37. The lowest BCUT2D eigenvalue weighted by Gasteiger charge is -2.33. The molecule has 0 bridgehead atoms. The summed E-state index contributed by atoms with van der Waals surface area (Å²) in [6.45, 7) is 6.45. The van der Waals surface area contributed by atoms with Gasteiger partial charge in [-0.2, -0.15) is 4.31 Å². The first kappa shape index (κ1) is 26.9. The number of hydrogen-bond acceptors (Lipinski definition) is 8. The van der Waals surface area contributed by atoms with Crippen molar-refractivity contribution >= 4 is 55.0 Å². The van der Waals surface area contributed by atoms with Gasteiger partial charge < -0.3 is 21.3 Å². The molecule has 1 saturated heterocycles. The van der Waals surface area contributed by atoms with Gasteiger partial charge in [-0.3, -0.25) is 9.78 Å². The maximum absolute atomic E-state index is 13.7. The predicted octanol–water partition coefficient (Wildman–Crippen LogP) is 2.83. The van der Waals surface area contributed by atoms with Crippen molar-refractivity contribution in [3.63, 3.8) is 0 Å². The molecule has 1 aliphatic heterocycles. The molecule has 198 valence electrons. The monoisotopic (exact) mass is 545 g/mol. The van der Waals surface area contributed by atoms with Crippen molar-refractivity contribution < 1.29 is 18.0 Å². The Balaban J connectivity index is 1.48. The van der Waals surface area contributed by atoms with E-state index in [1.54, 1.807) is 13.0 Å². The molecule has 1 aliphatic rings. The fourth-order valence-corrected chi connectivity index (χ4v) is 7.64. The largest absolute Gasteiger partial charge is 0.337 e. The van der Waals surface area contributed by atoms with E-state index in [4.69, 9.17) is 0 Å². The van der Waals surface area contributed by atoms with Crippen LogP contribution in [0.2, 0.25) is 0 Å². The fourth-order valence-electron chi connectivity index (χ4n) is 4.38. The minimum Gasteiger partial charge on any atom is -0.337 e. The number of amides is 3. The summed E-state index contributed by atoms with van der Waals surface area (Å²) >= 11 is 0.937. The van der Waals surface area contributed by atoms with Crippen molar-refractivity contribution in [1.29, 1.82) is 0 Å². The standard InChI is InChI=1S/C24H31N7O4S2/c1-15-14-21(19-6-4-5-7-20(19)27-15)30-23(33)26-12-13-31(18-8-10-25-11-9-18)37(34,35)22-16(2)28-24(36-22)29-17(3)32/h4-7,14,18,25H,8-13H2,1-3H3,(H,28,29,32)(H2,26,27,30,33). The molecule has 3 amide bonds. The van der Waals surface area contributed by atoms with Gasteiger partial charge in [-0.15, -0.1) is 0 Å². The van der Waals surface area contributed by atoms with Crippen LogP contribution in [0, 0.1) is 13.8 Å². The molecular formula is C24H31N7O4S2. The predicted molar refractivity (Wildman–Crippen MR) is 144 cm³/mol. The maximum Gasteiger partial charge on any atom is 0.319 e. The average Bonchev–Trinajstić information content (AvgIpc) is 3.22. The number of nitrogens with zero attached hydrogens (tertiary/aromatic N) is 3. The van der Waals surface area contributed by atoms with E-state index < -0.39 is 16.1 Å². The molecule has 11 nitrogen and oxygen atoms in total. The highest BCUT2D eigenvalue weighted by molar-refractivity contribution is 7.91. The molecule has 37 heavy (non-hydrogen) atoms. The van der Waals surface area contributed by atoms with Crippen molar-refractivity contribution in [2.24, 2.45) is 0 Å².